The van der Waals surface area contributed by atoms with Crippen LogP contribution in [0.25, 0.3) is 0 Å². The number of nitrogens with one attached hydrogen (secondary N) is 2. The van der Waals surface area contributed by atoms with Crippen LogP contribution in [0, 0.1) is 6.92 Å². The summed E-state index contributed by atoms with van der Waals surface area (Å²) in [6.45, 7) is 4.26. The Hall–Kier alpha value is -3.63. The Balaban J connectivity index is 1.44. The maximum absolute atomic E-state index is 12.9. The lowest BCUT2D eigenvalue weighted by Gasteiger charge is -2.34. The van der Waals surface area contributed by atoms with Crippen LogP contribution in [0.5, 0.6) is 0 Å². The number of nitrogens with zero attached hydrogens (tertiary/aromatic N) is 5. The van der Waals surface area contributed by atoms with E-state index in [4.69, 9.17) is 0 Å². The number of amides is 1. The fraction of sp³-hybridized carbons (Fsp3) is 0.333. The first kappa shape index (κ1) is 21.6. The number of carbonyl (C=O) groups is 1. The summed E-state index contributed by atoms with van der Waals surface area (Å²) < 4.78 is 40.2. The van der Waals surface area contributed by atoms with Gasteiger partial charge >= 0.3 is 6.18 Å². The number of hydrogen-bond donors (Lipinski definition) is 2. The average molecular weight is 445 g/mol. The highest BCUT2D eigenvalue weighted by Crippen LogP contribution is 2.35. The first-order valence-electron chi connectivity index (χ1n) is 9.93. The van der Waals surface area contributed by atoms with Crippen molar-refractivity contribution >= 4 is 23.1 Å². The SMILES string of the molecule is Cc1nc(NCc2cnn(Cc3cncc(C(F)(F)F)c3)c2)cc2c1NC(=O)[C@H](C)N2C. The molecule has 4 rings (SSSR count). The molecule has 8 nitrogen and oxygen atoms in total. The predicted octanol–water partition coefficient (Wildman–Crippen LogP) is 3.44. The van der Waals surface area contributed by atoms with Crippen LogP contribution in [-0.4, -0.2) is 38.7 Å². The first-order valence-corrected chi connectivity index (χ1v) is 9.93. The van der Waals surface area contributed by atoms with Gasteiger partial charge in [-0.25, -0.2) is 4.98 Å². The number of alkyl halides is 3. The summed E-state index contributed by atoms with van der Waals surface area (Å²) in [5.41, 5.74) is 2.74. The molecule has 0 fully saturated rings. The first-order chi connectivity index (χ1) is 15.1. The highest BCUT2D eigenvalue weighted by Gasteiger charge is 2.31. The van der Waals surface area contributed by atoms with Crippen molar-refractivity contribution in [2.45, 2.75) is 39.2 Å². The molecular formula is C21H22F3N7O. The second kappa shape index (κ2) is 8.13. The monoisotopic (exact) mass is 445 g/mol. The summed E-state index contributed by atoms with van der Waals surface area (Å²) in [5, 5.41) is 10.4. The van der Waals surface area contributed by atoms with Crippen LogP contribution in [-0.2, 0) is 24.1 Å². The highest BCUT2D eigenvalue weighted by atomic mass is 19.4. The molecule has 3 aromatic heterocycles. The second-order valence-corrected chi connectivity index (χ2v) is 7.74. The molecule has 0 radical (unpaired) electrons. The van der Waals surface area contributed by atoms with Crippen molar-refractivity contribution in [2.75, 3.05) is 22.6 Å². The van der Waals surface area contributed by atoms with Gasteiger partial charge in [-0.05, 0) is 25.5 Å². The summed E-state index contributed by atoms with van der Waals surface area (Å²) in [5.74, 6) is 0.570. The zero-order valence-corrected chi connectivity index (χ0v) is 17.7. The number of carbonyl (C=O) groups excluding carboxylic acids is 1. The summed E-state index contributed by atoms with van der Waals surface area (Å²) in [4.78, 5) is 22.1. The molecule has 0 aromatic carbocycles. The van der Waals surface area contributed by atoms with Crippen LogP contribution in [0.1, 0.15) is 29.3 Å². The molecule has 2 N–H and O–H groups in total. The molecule has 1 aliphatic rings. The lowest BCUT2D eigenvalue weighted by atomic mass is 10.1. The number of anilines is 3. The van der Waals surface area contributed by atoms with Crippen LogP contribution in [0.2, 0.25) is 0 Å². The van der Waals surface area contributed by atoms with Crippen molar-refractivity contribution in [3.63, 3.8) is 0 Å². The molecule has 0 spiro atoms. The zero-order chi connectivity index (χ0) is 23.0. The van der Waals surface area contributed by atoms with Gasteiger partial charge in [0.1, 0.15) is 11.9 Å². The number of fused-ring (bicyclic) bond motifs is 1. The molecule has 32 heavy (non-hydrogen) atoms. The molecule has 1 amide bonds. The van der Waals surface area contributed by atoms with Crippen LogP contribution < -0.4 is 15.5 Å². The van der Waals surface area contributed by atoms with E-state index in [1.54, 1.807) is 17.1 Å². The van der Waals surface area contributed by atoms with Gasteiger partial charge in [0.15, 0.2) is 0 Å². The fourth-order valence-corrected chi connectivity index (χ4v) is 3.48. The van der Waals surface area contributed by atoms with Crippen molar-refractivity contribution < 1.29 is 18.0 Å². The maximum atomic E-state index is 12.9. The Labute approximate surface area is 182 Å². The Morgan fingerprint density at radius 2 is 1.97 bits per heavy atom. The number of halogens is 3. The Morgan fingerprint density at radius 1 is 1.19 bits per heavy atom. The number of rotatable bonds is 5. The summed E-state index contributed by atoms with van der Waals surface area (Å²) in [6.07, 6.45) is 1.17. The molecule has 1 atom stereocenters. The van der Waals surface area contributed by atoms with Gasteiger partial charge in [-0.15, -0.1) is 0 Å². The Bertz CT molecular complexity index is 1160. The van der Waals surface area contributed by atoms with Crippen molar-refractivity contribution in [1.82, 2.24) is 19.7 Å². The molecule has 0 unspecified atom stereocenters. The largest absolute Gasteiger partial charge is 0.417 e. The van der Waals surface area contributed by atoms with Gasteiger partial charge in [0.25, 0.3) is 0 Å². The van der Waals surface area contributed by atoms with Crippen LogP contribution in [0.4, 0.5) is 30.4 Å². The van der Waals surface area contributed by atoms with Crippen molar-refractivity contribution in [3.8, 4) is 0 Å². The van der Waals surface area contributed by atoms with Crippen LogP contribution >= 0.6 is 0 Å². The van der Waals surface area contributed by atoms with Gasteiger partial charge in [-0.2, -0.15) is 18.3 Å². The van der Waals surface area contributed by atoms with Crippen molar-refractivity contribution in [1.29, 1.82) is 0 Å². The van der Waals surface area contributed by atoms with E-state index < -0.39 is 11.7 Å². The fourth-order valence-electron chi connectivity index (χ4n) is 3.48. The Morgan fingerprint density at radius 3 is 2.72 bits per heavy atom. The van der Waals surface area contributed by atoms with Gasteiger partial charge in [-0.1, -0.05) is 0 Å². The Kier molecular flexibility index (Phi) is 5.49. The van der Waals surface area contributed by atoms with Gasteiger partial charge in [0.05, 0.1) is 35.4 Å². The third-order valence-electron chi connectivity index (χ3n) is 5.40. The molecule has 0 saturated heterocycles. The lowest BCUT2D eigenvalue weighted by molar-refractivity contribution is -0.137. The molecule has 1 aliphatic heterocycles. The summed E-state index contributed by atoms with van der Waals surface area (Å²) >= 11 is 0. The molecule has 3 aromatic rings. The minimum absolute atomic E-state index is 0.0750. The minimum Gasteiger partial charge on any atom is -0.366 e. The van der Waals surface area contributed by atoms with E-state index in [0.29, 0.717) is 29.3 Å². The van der Waals surface area contributed by atoms with E-state index in [9.17, 15) is 18.0 Å². The van der Waals surface area contributed by atoms with E-state index in [1.165, 1.54) is 6.20 Å². The van der Waals surface area contributed by atoms with Crippen molar-refractivity contribution in [2.24, 2.45) is 0 Å². The van der Waals surface area contributed by atoms with Gasteiger partial charge in [0, 0.05) is 43.8 Å². The van der Waals surface area contributed by atoms with Crippen LogP contribution in [0.3, 0.4) is 0 Å². The topological polar surface area (TPSA) is 88.0 Å². The van der Waals surface area contributed by atoms with Gasteiger partial charge in [-0.3, -0.25) is 14.5 Å². The maximum Gasteiger partial charge on any atom is 0.417 e. The van der Waals surface area contributed by atoms with E-state index >= 15 is 0 Å². The van der Waals surface area contributed by atoms with E-state index in [2.05, 4.69) is 25.7 Å². The van der Waals surface area contributed by atoms with Gasteiger partial charge < -0.3 is 15.5 Å². The summed E-state index contributed by atoms with van der Waals surface area (Å²) in [6, 6.07) is 2.65. The molecule has 0 bridgehead atoms. The van der Waals surface area contributed by atoms with Crippen LogP contribution in [0.15, 0.2) is 36.9 Å². The van der Waals surface area contributed by atoms with Gasteiger partial charge in [0.2, 0.25) is 5.91 Å². The number of pyridine rings is 2. The standard InChI is InChI=1S/C21H22F3N7O/c1-12-19-17(30(3)13(2)20(32)29-19)5-18(28-12)26-7-15-8-27-31(11-15)10-14-4-16(9-25-6-14)21(22,23)24/h4-6,8-9,11,13H,7,10H2,1-3H3,(H,26,28)(H,29,32)/t13-/m0/s1. The smallest absolute Gasteiger partial charge is 0.366 e. The van der Waals surface area contributed by atoms with Crippen molar-refractivity contribution in [3.05, 3.63) is 59.3 Å². The number of aromatic nitrogens is 4. The normalized spacial score (nSPS) is 16.0. The summed E-state index contributed by atoms with van der Waals surface area (Å²) in [7, 11) is 1.86. The zero-order valence-electron chi connectivity index (χ0n) is 17.7. The lowest BCUT2D eigenvalue weighted by Crippen LogP contribution is -2.44. The quantitative estimate of drug-likeness (QED) is 0.626. The third kappa shape index (κ3) is 4.36. The van der Waals surface area contributed by atoms with E-state index in [-0.39, 0.29) is 18.5 Å². The average Bonchev–Trinajstić information content (AvgIpc) is 3.18. The number of aryl methyl sites for hydroxylation is 1. The minimum atomic E-state index is -4.43. The highest BCUT2D eigenvalue weighted by molar-refractivity contribution is 6.04. The molecular weight excluding hydrogens is 423 g/mol. The molecule has 4 heterocycles. The molecule has 11 heteroatoms. The molecule has 168 valence electrons. The number of hydrogen-bond acceptors (Lipinski definition) is 6. The third-order valence-corrected chi connectivity index (χ3v) is 5.40. The predicted molar refractivity (Wildman–Crippen MR) is 113 cm³/mol. The number of likely N-dealkylation sites (N-methyl/N-ethyl adjacent to an activating group) is 1. The second-order valence-electron chi connectivity index (χ2n) is 7.74. The van der Waals surface area contributed by atoms with E-state index in [0.717, 1.165) is 23.5 Å². The molecule has 0 aliphatic carbocycles. The molecule has 0 saturated carbocycles. The van der Waals surface area contributed by atoms with E-state index in [1.807, 2.05) is 31.9 Å².